The normalized spacial score (nSPS) is 15.9. The summed E-state index contributed by atoms with van der Waals surface area (Å²) in [6, 6.07) is 6.11. The highest BCUT2D eigenvalue weighted by Gasteiger charge is 2.58. The van der Waals surface area contributed by atoms with Gasteiger partial charge in [-0.25, -0.2) is 0 Å². The molecule has 19 heavy (non-hydrogen) atoms. The molecule has 1 aromatic carbocycles. The van der Waals surface area contributed by atoms with E-state index in [0.29, 0.717) is 18.5 Å². The van der Waals surface area contributed by atoms with Crippen molar-refractivity contribution < 1.29 is 19.4 Å². The van der Waals surface area contributed by atoms with Crippen LogP contribution in [0.5, 0.6) is 5.75 Å². The number of hydrogen-bond acceptors (Lipinski definition) is 4. The van der Waals surface area contributed by atoms with Gasteiger partial charge in [-0.3, -0.25) is 9.59 Å². The number of aromatic hydroxyl groups is 1. The van der Waals surface area contributed by atoms with E-state index in [1.165, 1.54) is 12.1 Å². The van der Waals surface area contributed by atoms with Crippen LogP contribution >= 0.6 is 0 Å². The maximum Gasteiger partial charge on any atom is 0.321 e. The minimum atomic E-state index is -1.03. The van der Waals surface area contributed by atoms with E-state index >= 15 is 0 Å². The number of ether oxygens (including phenoxy) is 1. The molecular formula is C14H17NO4. The Morgan fingerprint density at radius 2 is 1.84 bits per heavy atom. The Bertz CT molecular complexity index is 489. The van der Waals surface area contributed by atoms with Crippen LogP contribution in [0.2, 0.25) is 0 Å². The van der Waals surface area contributed by atoms with Crippen LogP contribution in [0, 0.1) is 5.41 Å². The average molecular weight is 263 g/mol. The molecule has 0 aliphatic heterocycles. The number of rotatable bonds is 4. The fourth-order valence-electron chi connectivity index (χ4n) is 1.77. The van der Waals surface area contributed by atoms with Gasteiger partial charge in [-0.2, -0.15) is 0 Å². The number of anilines is 1. The number of phenolic OH excluding ortho intramolecular Hbond substituents is 1. The number of esters is 1. The molecule has 0 bridgehead atoms. The molecule has 1 aliphatic rings. The van der Waals surface area contributed by atoms with Gasteiger partial charge in [0.05, 0.1) is 6.10 Å². The molecule has 102 valence electrons. The van der Waals surface area contributed by atoms with E-state index in [-0.39, 0.29) is 17.8 Å². The summed E-state index contributed by atoms with van der Waals surface area (Å²) < 4.78 is 5.12. The first-order chi connectivity index (χ1) is 8.94. The quantitative estimate of drug-likeness (QED) is 0.495. The Morgan fingerprint density at radius 3 is 2.32 bits per heavy atom. The van der Waals surface area contributed by atoms with Crippen LogP contribution < -0.4 is 5.32 Å². The lowest BCUT2D eigenvalue weighted by molar-refractivity contribution is -0.156. The first-order valence-corrected chi connectivity index (χ1v) is 6.25. The van der Waals surface area contributed by atoms with E-state index in [1.54, 1.807) is 26.0 Å². The van der Waals surface area contributed by atoms with Crippen LogP contribution in [0.1, 0.15) is 26.7 Å². The average Bonchev–Trinajstić information content (AvgIpc) is 3.12. The molecule has 0 spiro atoms. The smallest absolute Gasteiger partial charge is 0.321 e. The van der Waals surface area contributed by atoms with E-state index in [0.717, 1.165) is 0 Å². The van der Waals surface area contributed by atoms with Gasteiger partial charge in [0.15, 0.2) is 0 Å². The van der Waals surface area contributed by atoms with Gasteiger partial charge < -0.3 is 15.2 Å². The van der Waals surface area contributed by atoms with Crippen molar-refractivity contribution in [1.29, 1.82) is 0 Å². The van der Waals surface area contributed by atoms with Gasteiger partial charge in [-0.1, -0.05) is 0 Å². The Kier molecular flexibility index (Phi) is 3.46. The molecule has 2 rings (SSSR count). The van der Waals surface area contributed by atoms with Crippen LogP contribution in [0.25, 0.3) is 0 Å². The molecule has 5 heteroatoms. The molecule has 0 atom stereocenters. The van der Waals surface area contributed by atoms with Crippen LogP contribution in [-0.4, -0.2) is 23.1 Å². The van der Waals surface area contributed by atoms with Gasteiger partial charge in [-0.05, 0) is 51.0 Å². The second-order valence-corrected chi connectivity index (χ2v) is 5.04. The molecule has 1 amide bonds. The number of hydrogen-bond donors (Lipinski definition) is 2. The monoisotopic (exact) mass is 263 g/mol. The van der Waals surface area contributed by atoms with Crippen molar-refractivity contribution in [3.05, 3.63) is 24.3 Å². The summed E-state index contributed by atoms with van der Waals surface area (Å²) in [5, 5.41) is 11.8. The molecule has 1 fully saturated rings. The lowest BCUT2D eigenvalue weighted by Gasteiger charge is -2.16. The fraction of sp³-hybridized carbons (Fsp3) is 0.429. The maximum atomic E-state index is 12.1. The maximum absolute atomic E-state index is 12.1. The van der Waals surface area contributed by atoms with Gasteiger partial charge in [-0.15, -0.1) is 0 Å². The second kappa shape index (κ2) is 4.91. The topological polar surface area (TPSA) is 75.6 Å². The van der Waals surface area contributed by atoms with Crippen molar-refractivity contribution >= 4 is 17.6 Å². The highest BCUT2D eigenvalue weighted by atomic mass is 16.5. The number of carbonyl (C=O) groups excluding carboxylic acids is 2. The number of benzene rings is 1. The molecule has 0 aromatic heterocycles. The van der Waals surface area contributed by atoms with E-state index in [1.807, 2.05) is 0 Å². The van der Waals surface area contributed by atoms with E-state index in [2.05, 4.69) is 5.32 Å². The number of amides is 1. The molecule has 0 saturated heterocycles. The summed E-state index contributed by atoms with van der Waals surface area (Å²) >= 11 is 0. The van der Waals surface area contributed by atoms with Gasteiger partial charge in [0, 0.05) is 5.69 Å². The summed E-state index contributed by atoms with van der Waals surface area (Å²) in [5.74, 6) is -0.680. The molecule has 2 N–H and O–H groups in total. The summed E-state index contributed by atoms with van der Waals surface area (Å²) in [6.07, 6.45) is 0.803. The summed E-state index contributed by atoms with van der Waals surface area (Å²) in [6.45, 7) is 3.51. The lowest BCUT2D eigenvalue weighted by Crippen LogP contribution is -2.34. The van der Waals surface area contributed by atoms with Crippen LogP contribution in [0.3, 0.4) is 0 Å². The van der Waals surface area contributed by atoms with E-state index in [9.17, 15) is 9.59 Å². The third-order valence-electron chi connectivity index (χ3n) is 3.04. The highest BCUT2D eigenvalue weighted by Crippen LogP contribution is 2.48. The predicted octanol–water partition coefficient (Wildman–Crippen LogP) is 2.06. The number of phenols is 1. The Morgan fingerprint density at radius 1 is 1.26 bits per heavy atom. The highest BCUT2D eigenvalue weighted by molar-refractivity contribution is 6.11. The summed E-state index contributed by atoms with van der Waals surface area (Å²) in [4.78, 5) is 24.0. The van der Waals surface area contributed by atoms with Gasteiger partial charge in [0.25, 0.3) is 0 Å². The van der Waals surface area contributed by atoms with Gasteiger partial charge in [0.1, 0.15) is 11.2 Å². The zero-order valence-electron chi connectivity index (χ0n) is 11.0. The molecule has 0 radical (unpaired) electrons. The molecule has 1 saturated carbocycles. The Labute approximate surface area is 111 Å². The van der Waals surface area contributed by atoms with Crippen molar-refractivity contribution in [3.8, 4) is 5.75 Å². The summed E-state index contributed by atoms with van der Waals surface area (Å²) in [5.41, 5.74) is -0.478. The van der Waals surface area contributed by atoms with E-state index < -0.39 is 11.4 Å². The Hall–Kier alpha value is -2.04. The van der Waals surface area contributed by atoms with Crippen molar-refractivity contribution in [1.82, 2.24) is 0 Å². The molecular weight excluding hydrogens is 246 g/mol. The minimum Gasteiger partial charge on any atom is -0.508 e. The standard InChI is InChI=1S/C14H17NO4/c1-9(2)19-13(18)14(7-8-14)12(17)15-10-3-5-11(16)6-4-10/h3-6,9,16H,7-8H2,1-2H3,(H,15,17). The SMILES string of the molecule is CC(C)OC(=O)C1(C(=O)Nc2ccc(O)cc2)CC1. The molecule has 1 aromatic rings. The van der Waals surface area contributed by atoms with Gasteiger partial charge >= 0.3 is 5.97 Å². The zero-order valence-corrected chi connectivity index (χ0v) is 11.0. The first-order valence-electron chi connectivity index (χ1n) is 6.25. The van der Waals surface area contributed by atoms with Crippen LogP contribution in [0.4, 0.5) is 5.69 Å². The van der Waals surface area contributed by atoms with Crippen LogP contribution in [0.15, 0.2) is 24.3 Å². The van der Waals surface area contributed by atoms with Crippen molar-refractivity contribution in [3.63, 3.8) is 0 Å². The molecule has 5 nitrogen and oxygen atoms in total. The van der Waals surface area contributed by atoms with E-state index in [4.69, 9.17) is 9.84 Å². The fourth-order valence-corrected chi connectivity index (χ4v) is 1.77. The third kappa shape index (κ3) is 2.86. The van der Waals surface area contributed by atoms with Crippen molar-refractivity contribution in [2.45, 2.75) is 32.8 Å². The molecule has 1 aliphatic carbocycles. The van der Waals surface area contributed by atoms with Crippen molar-refractivity contribution in [2.24, 2.45) is 5.41 Å². The molecule has 0 unspecified atom stereocenters. The zero-order chi connectivity index (χ0) is 14.0. The second-order valence-electron chi connectivity index (χ2n) is 5.04. The summed E-state index contributed by atoms with van der Waals surface area (Å²) in [7, 11) is 0. The lowest BCUT2D eigenvalue weighted by atomic mass is 10.1. The predicted molar refractivity (Wildman–Crippen MR) is 69.6 cm³/mol. The third-order valence-corrected chi connectivity index (χ3v) is 3.04. The number of carbonyl (C=O) groups is 2. The largest absolute Gasteiger partial charge is 0.508 e. The van der Waals surface area contributed by atoms with Crippen LogP contribution in [-0.2, 0) is 14.3 Å². The Balaban J connectivity index is 2.03. The van der Waals surface area contributed by atoms with Crippen molar-refractivity contribution in [2.75, 3.05) is 5.32 Å². The number of nitrogens with one attached hydrogen (secondary N) is 1. The minimum absolute atomic E-state index is 0.123. The van der Waals surface area contributed by atoms with Gasteiger partial charge in [0.2, 0.25) is 5.91 Å². The molecule has 0 heterocycles. The first kappa shape index (κ1) is 13.4.